The molecule has 1 aromatic heterocycles. The summed E-state index contributed by atoms with van der Waals surface area (Å²) < 4.78 is 39.9. The Morgan fingerprint density at radius 2 is 1.79 bits per heavy atom. The third-order valence-corrected chi connectivity index (χ3v) is 4.34. The Bertz CT molecular complexity index is 887. The molecule has 0 unspecified atom stereocenters. The normalized spacial score (nSPS) is 14.7. The van der Waals surface area contributed by atoms with Crippen LogP contribution in [0.2, 0.25) is 0 Å². The summed E-state index contributed by atoms with van der Waals surface area (Å²) in [6.45, 7) is 2.41. The molecule has 2 heterocycles. The van der Waals surface area contributed by atoms with Gasteiger partial charge < -0.3 is 20.4 Å². The average Bonchev–Trinajstić information content (AvgIpc) is 2.75. The van der Waals surface area contributed by atoms with Crippen molar-refractivity contribution in [2.24, 2.45) is 4.99 Å². The smallest absolute Gasteiger partial charge is 0.243 e. The first-order valence-electron chi connectivity index (χ1n) is 8.90. The molecule has 0 radical (unpaired) electrons. The number of nitrogens with zero attached hydrogens (tertiary/aromatic N) is 5. The molecule has 2 N–H and O–H groups in total. The van der Waals surface area contributed by atoms with Gasteiger partial charge in [-0.15, -0.1) is 0 Å². The van der Waals surface area contributed by atoms with E-state index in [2.05, 4.69) is 25.6 Å². The van der Waals surface area contributed by atoms with E-state index < -0.39 is 29.0 Å². The largest absolute Gasteiger partial charge is 0.347 e. The number of piperazine rings is 1. The van der Waals surface area contributed by atoms with Crippen LogP contribution >= 0.6 is 0 Å². The number of hydrogen-bond acceptors (Lipinski definition) is 5. The summed E-state index contributed by atoms with van der Waals surface area (Å²) in [5.74, 6) is -3.86. The molecule has 1 saturated heterocycles. The number of nitrogens with one attached hydrogen (secondary N) is 2. The number of anilines is 2. The number of aliphatic imine (C=N–C) groups is 1. The van der Waals surface area contributed by atoms with Crippen molar-refractivity contribution >= 4 is 23.5 Å². The predicted molar refractivity (Wildman–Crippen MR) is 102 cm³/mol. The van der Waals surface area contributed by atoms with Gasteiger partial charge in [0, 0.05) is 45.6 Å². The minimum Gasteiger partial charge on any atom is -0.347 e. The van der Waals surface area contributed by atoms with Crippen molar-refractivity contribution in [1.29, 1.82) is 0 Å². The van der Waals surface area contributed by atoms with Crippen molar-refractivity contribution in [3.05, 3.63) is 48.0 Å². The van der Waals surface area contributed by atoms with Gasteiger partial charge in [-0.25, -0.2) is 23.1 Å². The van der Waals surface area contributed by atoms with Crippen LogP contribution in [0.4, 0.5) is 24.8 Å². The van der Waals surface area contributed by atoms with Gasteiger partial charge in [-0.3, -0.25) is 9.79 Å². The third kappa shape index (κ3) is 4.92. The Kier molecular flexibility index (Phi) is 6.47. The number of carbonyl (C=O) groups is 1. The number of amides is 1. The fourth-order valence-corrected chi connectivity index (χ4v) is 2.88. The monoisotopic (exact) mass is 407 g/mol. The van der Waals surface area contributed by atoms with Crippen molar-refractivity contribution in [1.82, 2.24) is 20.2 Å². The molecule has 1 aromatic carbocycles. The lowest BCUT2D eigenvalue weighted by Gasteiger charge is -2.36. The summed E-state index contributed by atoms with van der Waals surface area (Å²) in [4.78, 5) is 28.7. The lowest BCUT2D eigenvalue weighted by atomic mass is 10.2. The number of guanidine groups is 1. The number of hydrogen-bond donors (Lipinski definition) is 2. The first-order chi connectivity index (χ1) is 14.0. The van der Waals surface area contributed by atoms with Gasteiger partial charge in [0.2, 0.25) is 11.9 Å². The van der Waals surface area contributed by atoms with Gasteiger partial charge in [0.1, 0.15) is 0 Å². The van der Waals surface area contributed by atoms with E-state index >= 15 is 0 Å². The van der Waals surface area contributed by atoms with E-state index in [1.54, 1.807) is 25.5 Å². The number of rotatable bonds is 4. The maximum atomic E-state index is 13.7. The van der Waals surface area contributed by atoms with Gasteiger partial charge in [0.25, 0.3) is 0 Å². The van der Waals surface area contributed by atoms with E-state index in [0.717, 1.165) is 12.1 Å². The predicted octanol–water partition coefficient (Wildman–Crippen LogP) is 1.23. The first-order valence-corrected chi connectivity index (χ1v) is 8.90. The number of aromatic nitrogens is 2. The standard InChI is InChI=1S/C18H20F3N7O/c1-22-17(27-7-9-28(10-8-27)18-23-5-2-6-24-18)25-11-14(29)26-13-4-3-12(19)15(20)16(13)21/h2-6H,7-11H2,1H3,(H,22,25)(H,26,29). The molecular weight excluding hydrogens is 387 g/mol. The van der Waals surface area contributed by atoms with Gasteiger partial charge in [-0.1, -0.05) is 0 Å². The summed E-state index contributed by atoms with van der Waals surface area (Å²) in [5.41, 5.74) is -0.429. The SMILES string of the molecule is CN=C(NCC(=O)Nc1ccc(F)c(F)c1F)N1CCN(c2ncccn2)CC1. The lowest BCUT2D eigenvalue weighted by molar-refractivity contribution is -0.115. The molecule has 0 atom stereocenters. The Hall–Kier alpha value is -3.37. The van der Waals surface area contributed by atoms with Crippen molar-refractivity contribution in [2.45, 2.75) is 0 Å². The molecule has 0 aliphatic carbocycles. The fraction of sp³-hybridized carbons (Fsp3) is 0.333. The van der Waals surface area contributed by atoms with Crippen LogP contribution in [0.15, 0.2) is 35.6 Å². The maximum absolute atomic E-state index is 13.7. The summed E-state index contributed by atoms with van der Waals surface area (Å²) in [7, 11) is 1.59. The highest BCUT2D eigenvalue weighted by atomic mass is 19.2. The molecule has 0 spiro atoms. The molecule has 1 aliphatic rings. The molecule has 2 aromatic rings. The van der Waals surface area contributed by atoms with Crippen molar-refractivity contribution in [3.8, 4) is 0 Å². The van der Waals surface area contributed by atoms with Crippen LogP contribution in [0.5, 0.6) is 0 Å². The van der Waals surface area contributed by atoms with E-state index in [1.165, 1.54) is 0 Å². The molecule has 154 valence electrons. The van der Waals surface area contributed by atoms with E-state index in [1.807, 2.05) is 9.80 Å². The van der Waals surface area contributed by atoms with Crippen molar-refractivity contribution in [2.75, 3.05) is 50.0 Å². The quantitative estimate of drug-likeness (QED) is 0.451. The molecule has 29 heavy (non-hydrogen) atoms. The van der Waals surface area contributed by atoms with Crippen LogP contribution in [-0.4, -0.2) is 66.5 Å². The fourth-order valence-electron chi connectivity index (χ4n) is 2.88. The van der Waals surface area contributed by atoms with Crippen LogP contribution in [0.1, 0.15) is 0 Å². The molecule has 8 nitrogen and oxygen atoms in total. The Morgan fingerprint density at radius 1 is 1.10 bits per heavy atom. The zero-order valence-corrected chi connectivity index (χ0v) is 15.7. The van der Waals surface area contributed by atoms with Gasteiger partial charge >= 0.3 is 0 Å². The molecular formula is C18H20F3N7O. The van der Waals surface area contributed by atoms with Crippen LogP contribution < -0.4 is 15.5 Å². The highest BCUT2D eigenvalue weighted by Crippen LogP contribution is 2.19. The highest BCUT2D eigenvalue weighted by molar-refractivity contribution is 5.95. The highest BCUT2D eigenvalue weighted by Gasteiger charge is 2.22. The van der Waals surface area contributed by atoms with Crippen LogP contribution in [0.3, 0.4) is 0 Å². The first kappa shape index (κ1) is 20.4. The average molecular weight is 407 g/mol. The molecule has 1 fully saturated rings. The number of carbonyl (C=O) groups excluding carboxylic acids is 1. The Morgan fingerprint density at radius 3 is 2.45 bits per heavy atom. The van der Waals surface area contributed by atoms with E-state index in [9.17, 15) is 18.0 Å². The van der Waals surface area contributed by atoms with Gasteiger partial charge in [-0.2, -0.15) is 0 Å². The van der Waals surface area contributed by atoms with Gasteiger partial charge in [0.15, 0.2) is 23.4 Å². The molecule has 0 saturated carbocycles. The second-order valence-electron chi connectivity index (χ2n) is 6.19. The zero-order valence-electron chi connectivity index (χ0n) is 15.7. The minimum absolute atomic E-state index is 0.215. The summed E-state index contributed by atoms with van der Waals surface area (Å²) in [6.07, 6.45) is 3.37. The summed E-state index contributed by atoms with van der Waals surface area (Å²) >= 11 is 0. The van der Waals surface area contributed by atoms with Gasteiger partial charge in [-0.05, 0) is 18.2 Å². The lowest BCUT2D eigenvalue weighted by Crippen LogP contribution is -2.53. The van der Waals surface area contributed by atoms with Gasteiger partial charge in [0.05, 0.1) is 12.2 Å². The topological polar surface area (TPSA) is 85.8 Å². The molecule has 1 aliphatic heterocycles. The molecule has 1 amide bonds. The molecule has 11 heteroatoms. The van der Waals surface area contributed by atoms with Crippen LogP contribution in [0, 0.1) is 17.5 Å². The van der Waals surface area contributed by atoms with Crippen molar-refractivity contribution in [3.63, 3.8) is 0 Å². The third-order valence-electron chi connectivity index (χ3n) is 4.34. The van der Waals surface area contributed by atoms with Crippen LogP contribution in [0.25, 0.3) is 0 Å². The Labute approximate surface area is 165 Å². The zero-order chi connectivity index (χ0) is 20.8. The number of halogens is 3. The second kappa shape index (κ2) is 9.22. The van der Waals surface area contributed by atoms with E-state index in [0.29, 0.717) is 38.1 Å². The minimum atomic E-state index is -1.63. The summed E-state index contributed by atoms with van der Waals surface area (Å²) in [5, 5.41) is 5.09. The Balaban J connectivity index is 1.51. The van der Waals surface area contributed by atoms with E-state index in [-0.39, 0.29) is 6.54 Å². The second-order valence-corrected chi connectivity index (χ2v) is 6.19. The number of benzene rings is 1. The summed E-state index contributed by atoms with van der Waals surface area (Å²) in [6, 6.07) is 3.46. The molecule has 3 rings (SSSR count). The van der Waals surface area contributed by atoms with Crippen molar-refractivity contribution < 1.29 is 18.0 Å². The molecule has 0 bridgehead atoms. The van der Waals surface area contributed by atoms with Crippen LogP contribution in [-0.2, 0) is 4.79 Å². The maximum Gasteiger partial charge on any atom is 0.243 e. The van der Waals surface area contributed by atoms with E-state index in [4.69, 9.17) is 0 Å².